The highest BCUT2D eigenvalue weighted by atomic mass is 79.9. The van der Waals surface area contributed by atoms with Crippen LogP contribution in [0, 0.1) is 5.82 Å². The zero-order chi connectivity index (χ0) is 16.8. The summed E-state index contributed by atoms with van der Waals surface area (Å²) in [5, 5.41) is 4.64. The zero-order valence-corrected chi connectivity index (χ0v) is 14.7. The smallest absolute Gasteiger partial charge is 0.311 e. The van der Waals surface area contributed by atoms with E-state index in [2.05, 4.69) is 26.2 Å². The third-order valence-electron chi connectivity index (χ3n) is 2.81. The lowest BCUT2D eigenvalue weighted by Gasteiger charge is -2.04. The molecule has 8 heteroatoms. The molecule has 0 aliphatic rings. The molecule has 0 spiro atoms. The van der Waals surface area contributed by atoms with Crippen molar-refractivity contribution in [1.29, 1.82) is 0 Å². The highest BCUT2D eigenvalue weighted by Crippen LogP contribution is 2.20. The standard InChI is InChI=1S/C15H14BrFN2O3S/c1-2-22-13(21)7-10-8-23-15(18-10)19-12(20)6-9-4-3-5-11(16)14(9)17/h3-5,8H,2,6-7H2,1H3,(H,18,19,20). The fourth-order valence-electron chi connectivity index (χ4n) is 1.83. The number of halogens is 2. The molecule has 0 radical (unpaired) electrons. The van der Waals surface area contributed by atoms with E-state index in [1.54, 1.807) is 30.5 Å². The van der Waals surface area contributed by atoms with Gasteiger partial charge in [-0.2, -0.15) is 0 Å². The normalized spacial score (nSPS) is 10.4. The van der Waals surface area contributed by atoms with Crippen molar-refractivity contribution in [1.82, 2.24) is 4.98 Å². The monoisotopic (exact) mass is 400 g/mol. The van der Waals surface area contributed by atoms with Gasteiger partial charge in [0.25, 0.3) is 0 Å². The summed E-state index contributed by atoms with van der Waals surface area (Å²) in [6.45, 7) is 2.04. The Bertz CT molecular complexity index is 720. The molecule has 1 amide bonds. The first-order chi connectivity index (χ1) is 11.0. The number of aromatic nitrogens is 1. The highest BCUT2D eigenvalue weighted by Gasteiger charge is 2.13. The van der Waals surface area contributed by atoms with Crippen LogP contribution in [0.15, 0.2) is 28.1 Å². The summed E-state index contributed by atoms with van der Waals surface area (Å²) in [7, 11) is 0. The fourth-order valence-corrected chi connectivity index (χ4v) is 2.96. The number of carbonyl (C=O) groups is 2. The van der Waals surface area contributed by atoms with Gasteiger partial charge >= 0.3 is 5.97 Å². The summed E-state index contributed by atoms with van der Waals surface area (Å²) in [6, 6.07) is 4.78. The van der Waals surface area contributed by atoms with Gasteiger partial charge in [-0.15, -0.1) is 11.3 Å². The molecule has 0 atom stereocenters. The second-order valence-corrected chi connectivity index (χ2v) is 6.28. The van der Waals surface area contributed by atoms with Gasteiger partial charge in [-0.25, -0.2) is 9.37 Å². The minimum atomic E-state index is -0.454. The van der Waals surface area contributed by atoms with Crippen molar-refractivity contribution < 1.29 is 18.7 Å². The molecule has 0 saturated heterocycles. The van der Waals surface area contributed by atoms with Crippen LogP contribution in [0.25, 0.3) is 0 Å². The van der Waals surface area contributed by atoms with Gasteiger partial charge in [0.1, 0.15) is 5.82 Å². The predicted octanol–water partition coefficient (Wildman–Crippen LogP) is 3.33. The van der Waals surface area contributed by atoms with Gasteiger partial charge < -0.3 is 10.1 Å². The average Bonchev–Trinajstić information content (AvgIpc) is 2.91. The third-order valence-corrected chi connectivity index (χ3v) is 4.23. The van der Waals surface area contributed by atoms with E-state index in [4.69, 9.17) is 4.74 Å². The maximum absolute atomic E-state index is 13.8. The Kier molecular flexibility index (Phi) is 6.23. The van der Waals surface area contributed by atoms with Crippen LogP contribution in [0.3, 0.4) is 0 Å². The average molecular weight is 401 g/mol. The number of hydrogen-bond donors (Lipinski definition) is 1. The molecule has 0 aliphatic heterocycles. The topological polar surface area (TPSA) is 68.3 Å². The van der Waals surface area contributed by atoms with Crippen LogP contribution in [0.2, 0.25) is 0 Å². The van der Waals surface area contributed by atoms with Crippen LogP contribution in [0.4, 0.5) is 9.52 Å². The lowest BCUT2D eigenvalue weighted by atomic mass is 10.1. The first-order valence-corrected chi connectivity index (χ1v) is 8.49. The molecule has 0 unspecified atom stereocenters. The van der Waals surface area contributed by atoms with E-state index < -0.39 is 5.82 Å². The molecule has 122 valence electrons. The van der Waals surface area contributed by atoms with Crippen molar-refractivity contribution in [3.8, 4) is 0 Å². The number of hydrogen-bond acceptors (Lipinski definition) is 5. The van der Waals surface area contributed by atoms with Crippen LogP contribution >= 0.6 is 27.3 Å². The maximum atomic E-state index is 13.8. The Morgan fingerprint density at radius 3 is 2.91 bits per heavy atom. The Balaban J connectivity index is 1.94. The van der Waals surface area contributed by atoms with Crippen LogP contribution in [0.5, 0.6) is 0 Å². The number of nitrogens with zero attached hydrogens (tertiary/aromatic N) is 1. The van der Waals surface area contributed by atoms with Gasteiger partial charge in [-0.3, -0.25) is 9.59 Å². The third kappa shape index (κ3) is 5.11. The van der Waals surface area contributed by atoms with E-state index >= 15 is 0 Å². The number of thiazole rings is 1. The highest BCUT2D eigenvalue weighted by molar-refractivity contribution is 9.10. The van der Waals surface area contributed by atoms with Gasteiger partial charge in [0.05, 0.1) is 29.6 Å². The molecule has 1 heterocycles. The van der Waals surface area contributed by atoms with Gasteiger partial charge in [0.2, 0.25) is 5.91 Å². The van der Waals surface area contributed by atoms with Crippen molar-refractivity contribution >= 4 is 44.3 Å². The van der Waals surface area contributed by atoms with Gasteiger partial charge in [-0.05, 0) is 34.5 Å². The van der Waals surface area contributed by atoms with Crippen LogP contribution in [-0.4, -0.2) is 23.5 Å². The molecule has 23 heavy (non-hydrogen) atoms. The summed E-state index contributed by atoms with van der Waals surface area (Å²) in [5.74, 6) is -1.20. The molecule has 1 aromatic heterocycles. The summed E-state index contributed by atoms with van der Waals surface area (Å²) < 4.78 is 19.0. The summed E-state index contributed by atoms with van der Waals surface area (Å²) >= 11 is 4.28. The Labute approximate surface area is 145 Å². The van der Waals surface area contributed by atoms with E-state index in [1.807, 2.05) is 0 Å². The maximum Gasteiger partial charge on any atom is 0.311 e. The van der Waals surface area contributed by atoms with Crippen molar-refractivity contribution in [3.63, 3.8) is 0 Å². The SMILES string of the molecule is CCOC(=O)Cc1csc(NC(=O)Cc2cccc(Br)c2F)n1. The molecule has 0 fully saturated rings. The second-order valence-electron chi connectivity index (χ2n) is 4.56. The largest absolute Gasteiger partial charge is 0.466 e. The molecule has 5 nitrogen and oxygen atoms in total. The number of carbonyl (C=O) groups excluding carboxylic acids is 2. The van der Waals surface area contributed by atoms with Crippen molar-refractivity contribution in [2.24, 2.45) is 0 Å². The Hall–Kier alpha value is -1.80. The van der Waals surface area contributed by atoms with Gasteiger partial charge in [-0.1, -0.05) is 12.1 Å². The van der Waals surface area contributed by atoms with Crippen molar-refractivity contribution in [2.45, 2.75) is 19.8 Å². The molecule has 1 N–H and O–H groups in total. The van der Waals surface area contributed by atoms with E-state index in [0.29, 0.717) is 27.5 Å². The number of nitrogens with one attached hydrogen (secondary N) is 1. The summed E-state index contributed by atoms with van der Waals surface area (Å²) in [6.07, 6.45) is -0.0431. The minimum absolute atomic E-state index is 0.0560. The fraction of sp³-hybridized carbons (Fsp3) is 0.267. The molecule has 0 aliphatic carbocycles. The first kappa shape index (κ1) is 17.6. The summed E-state index contributed by atoms with van der Waals surface area (Å²) in [5.41, 5.74) is 0.817. The number of rotatable bonds is 6. The molecule has 0 bridgehead atoms. The van der Waals surface area contributed by atoms with E-state index in [1.165, 1.54) is 11.3 Å². The van der Waals surface area contributed by atoms with E-state index in [9.17, 15) is 14.0 Å². The molecule has 2 rings (SSSR count). The Morgan fingerprint density at radius 1 is 1.39 bits per heavy atom. The molecular weight excluding hydrogens is 387 g/mol. The van der Waals surface area contributed by atoms with Crippen LogP contribution in [-0.2, 0) is 27.2 Å². The van der Waals surface area contributed by atoms with Crippen molar-refractivity contribution in [3.05, 3.63) is 45.1 Å². The number of amides is 1. The Morgan fingerprint density at radius 2 is 2.17 bits per heavy atom. The first-order valence-electron chi connectivity index (χ1n) is 6.82. The number of benzene rings is 1. The number of anilines is 1. The second kappa shape index (κ2) is 8.16. The van der Waals surface area contributed by atoms with Crippen molar-refractivity contribution in [2.75, 3.05) is 11.9 Å². The molecule has 2 aromatic rings. The van der Waals surface area contributed by atoms with Crippen LogP contribution < -0.4 is 5.32 Å². The predicted molar refractivity (Wildman–Crippen MR) is 88.9 cm³/mol. The lowest BCUT2D eigenvalue weighted by molar-refractivity contribution is -0.142. The van der Waals surface area contributed by atoms with E-state index in [0.717, 1.165) is 0 Å². The number of ether oxygens (including phenoxy) is 1. The summed E-state index contributed by atoms with van der Waals surface area (Å²) in [4.78, 5) is 27.5. The minimum Gasteiger partial charge on any atom is -0.466 e. The van der Waals surface area contributed by atoms with E-state index in [-0.39, 0.29) is 24.7 Å². The molecule has 1 aromatic carbocycles. The quantitative estimate of drug-likeness (QED) is 0.755. The molecular formula is C15H14BrFN2O3S. The zero-order valence-electron chi connectivity index (χ0n) is 12.3. The van der Waals surface area contributed by atoms with Gasteiger partial charge in [0.15, 0.2) is 5.13 Å². The lowest BCUT2D eigenvalue weighted by Crippen LogP contribution is -2.15. The van der Waals surface area contributed by atoms with Crippen LogP contribution in [0.1, 0.15) is 18.2 Å². The van der Waals surface area contributed by atoms with Gasteiger partial charge in [0, 0.05) is 5.38 Å². The molecule has 0 saturated carbocycles. The number of esters is 1.